The van der Waals surface area contributed by atoms with E-state index in [-0.39, 0.29) is 24.0 Å². The van der Waals surface area contributed by atoms with Crippen molar-refractivity contribution in [3.63, 3.8) is 0 Å². The van der Waals surface area contributed by atoms with Gasteiger partial charge in [-0.1, -0.05) is 25.7 Å². The van der Waals surface area contributed by atoms with E-state index in [0.29, 0.717) is 0 Å². The molecule has 0 spiro atoms. The second-order valence-electron chi connectivity index (χ2n) is 4.43. The molecule has 0 saturated heterocycles. The lowest BCUT2D eigenvalue weighted by atomic mass is 10.5. The predicted molar refractivity (Wildman–Crippen MR) is 51.7 cm³/mol. The largest absolute Gasteiger partial charge is 1.00 e. The van der Waals surface area contributed by atoms with Crippen molar-refractivity contribution >= 4 is 8.07 Å². The average Bonchev–Trinajstić information content (AvgIpc) is 2.36. The molecule has 0 saturated carbocycles. The van der Waals surface area contributed by atoms with Gasteiger partial charge in [0.1, 0.15) is 0 Å². The Kier molecular flexibility index (Phi) is 5.87. The molecule has 0 aromatic carbocycles. The third-order valence-corrected chi connectivity index (χ3v) is 3.72. The van der Waals surface area contributed by atoms with Crippen molar-refractivity contribution in [2.24, 2.45) is 0 Å². The Balaban J connectivity index is 0.00000144. The Bertz CT molecular complexity index is 218. The maximum Gasteiger partial charge on any atom is 0.334 e. The van der Waals surface area contributed by atoms with Gasteiger partial charge in [-0.05, 0) is 0 Å². The van der Waals surface area contributed by atoms with Crippen LogP contribution in [-0.2, 0) is 6.54 Å². The molecule has 1 aromatic rings. The highest BCUT2D eigenvalue weighted by Gasteiger charge is 2.13. The lowest BCUT2D eigenvalue weighted by molar-refractivity contribution is -0.699. The topological polar surface area (TPSA) is 17.0 Å². The van der Waals surface area contributed by atoms with Crippen molar-refractivity contribution < 1.29 is 33.0 Å². The number of aromatic nitrogens is 1. The van der Waals surface area contributed by atoms with Gasteiger partial charge in [0.05, 0.1) is 0 Å². The van der Waals surface area contributed by atoms with E-state index in [1.165, 1.54) is 12.5 Å². The van der Waals surface area contributed by atoms with Gasteiger partial charge >= 0.3 is 6.39 Å². The van der Waals surface area contributed by atoms with Crippen LogP contribution in [0.15, 0.2) is 23.3 Å². The van der Waals surface area contributed by atoms with E-state index in [0.717, 1.165) is 6.54 Å². The zero-order valence-corrected chi connectivity index (χ0v) is 11.7. The van der Waals surface area contributed by atoms with Crippen LogP contribution in [0.1, 0.15) is 6.42 Å². The number of halogens is 1. The highest BCUT2D eigenvalue weighted by atomic mass is 127. The fraction of sp³-hybridized carbons (Fsp3) is 0.667. The third-order valence-electron chi connectivity index (χ3n) is 1.87. The second kappa shape index (κ2) is 5.80. The molecule has 2 nitrogen and oxygen atoms in total. The van der Waals surface area contributed by atoms with Gasteiger partial charge in [0, 0.05) is 14.5 Å². The lowest BCUT2D eigenvalue weighted by Gasteiger charge is -2.13. The molecule has 0 bridgehead atoms. The molecule has 13 heavy (non-hydrogen) atoms. The molecule has 1 rings (SSSR count). The van der Waals surface area contributed by atoms with Crippen LogP contribution in [0.5, 0.6) is 0 Å². The second-order valence-corrected chi connectivity index (χ2v) is 10.1. The summed E-state index contributed by atoms with van der Waals surface area (Å²) in [6.07, 6.45) is 6.74. The number of nitrogens with zero attached hydrogens (tertiary/aromatic N) is 1. The van der Waals surface area contributed by atoms with Gasteiger partial charge in [0.15, 0.2) is 12.8 Å². The summed E-state index contributed by atoms with van der Waals surface area (Å²) in [6, 6.07) is 1.39. The first-order valence-electron chi connectivity index (χ1n) is 4.49. The summed E-state index contributed by atoms with van der Waals surface area (Å²) < 4.78 is 7.07. The van der Waals surface area contributed by atoms with E-state index in [2.05, 4.69) is 24.2 Å². The van der Waals surface area contributed by atoms with Crippen LogP contribution in [0.2, 0.25) is 25.7 Å². The van der Waals surface area contributed by atoms with E-state index in [1.54, 1.807) is 12.7 Å². The summed E-state index contributed by atoms with van der Waals surface area (Å²) in [5.41, 5.74) is 0. The SMILES string of the molecule is C[Si](C)(C)CCC[n+]1ccoc1.[I-]. The van der Waals surface area contributed by atoms with Gasteiger partial charge in [-0.15, -0.1) is 0 Å². The first-order valence-corrected chi connectivity index (χ1v) is 8.20. The Hall–Kier alpha value is 0.157. The molecule has 0 unspecified atom stereocenters. The standard InChI is InChI=1S/C9H18NOSi.HI/c1-12(2,3)8-4-5-10-6-7-11-9-10;/h6-7,9H,4-5,8H2,1-3H3;1H/q+1;/p-1. The van der Waals surface area contributed by atoms with E-state index >= 15 is 0 Å². The molecular formula is C9H18INOSi. The Morgan fingerprint density at radius 2 is 2.00 bits per heavy atom. The molecule has 0 aliphatic carbocycles. The highest BCUT2D eigenvalue weighted by Crippen LogP contribution is 2.10. The monoisotopic (exact) mass is 311 g/mol. The number of hydrogen-bond donors (Lipinski definition) is 0. The van der Waals surface area contributed by atoms with Crippen LogP contribution in [0, 0.1) is 0 Å². The minimum atomic E-state index is -0.835. The smallest absolute Gasteiger partial charge is 0.334 e. The van der Waals surface area contributed by atoms with Gasteiger partial charge in [-0.2, -0.15) is 4.57 Å². The molecule has 1 heterocycles. The summed E-state index contributed by atoms with van der Waals surface area (Å²) in [7, 11) is -0.835. The van der Waals surface area contributed by atoms with Gasteiger partial charge in [-0.3, -0.25) is 0 Å². The molecule has 0 fully saturated rings. The fourth-order valence-corrected chi connectivity index (χ4v) is 2.40. The average molecular weight is 311 g/mol. The van der Waals surface area contributed by atoms with Crippen molar-refractivity contribution in [3.8, 4) is 0 Å². The molecule has 76 valence electrons. The van der Waals surface area contributed by atoms with Crippen LogP contribution in [0.25, 0.3) is 0 Å². The number of oxazole rings is 1. The van der Waals surface area contributed by atoms with Crippen LogP contribution in [-0.4, -0.2) is 8.07 Å². The van der Waals surface area contributed by atoms with Crippen molar-refractivity contribution in [2.75, 3.05) is 0 Å². The van der Waals surface area contributed by atoms with Gasteiger partial charge in [-0.25, -0.2) is 0 Å². The van der Waals surface area contributed by atoms with Crippen molar-refractivity contribution in [1.29, 1.82) is 0 Å². The quantitative estimate of drug-likeness (QED) is 0.408. The maximum atomic E-state index is 4.97. The summed E-state index contributed by atoms with van der Waals surface area (Å²) in [5, 5.41) is 0. The van der Waals surface area contributed by atoms with E-state index in [9.17, 15) is 0 Å². The first-order chi connectivity index (χ1) is 5.58. The maximum absolute atomic E-state index is 4.97. The highest BCUT2D eigenvalue weighted by molar-refractivity contribution is 6.76. The Labute approximate surface area is 98.4 Å². The van der Waals surface area contributed by atoms with Gasteiger partial charge in [0.2, 0.25) is 6.20 Å². The Morgan fingerprint density at radius 3 is 2.46 bits per heavy atom. The predicted octanol–water partition coefficient (Wildman–Crippen LogP) is -0.701. The zero-order chi connectivity index (χ0) is 9.03. The van der Waals surface area contributed by atoms with Crippen LogP contribution in [0.3, 0.4) is 0 Å². The van der Waals surface area contributed by atoms with E-state index < -0.39 is 8.07 Å². The summed E-state index contributed by atoms with van der Waals surface area (Å²) in [4.78, 5) is 0. The van der Waals surface area contributed by atoms with Crippen LogP contribution >= 0.6 is 0 Å². The minimum Gasteiger partial charge on any atom is -1.00 e. The normalized spacial score (nSPS) is 11.0. The molecule has 0 aliphatic rings. The van der Waals surface area contributed by atoms with Gasteiger partial charge in [0.25, 0.3) is 0 Å². The fourth-order valence-electron chi connectivity index (χ4n) is 1.18. The minimum absolute atomic E-state index is 0. The van der Waals surface area contributed by atoms with Crippen molar-refractivity contribution in [2.45, 2.75) is 38.7 Å². The zero-order valence-electron chi connectivity index (χ0n) is 8.59. The summed E-state index contributed by atoms with van der Waals surface area (Å²) >= 11 is 0. The number of hydrogen-bond acceptors (Lipinski definition) is 1. The number of aryl methyl sites for hydroxylation is 1. The molecule has 0 radical (unpaired) electrons. The molecule has 0 amide bonds. The van der Waals surface area contributed by atoms with E-state index in [1.807, 2.05) is 6.20 Å². The molecular weight excluding hydrogens is 293 g/mol. The number of rotatable bonds is 4. The lowest BCUT2D eigenvalue weighted by Crippen LogP contribution is -3.00. The molecule has 4 heteroatoms. The van der Waals surface area contributed by atoms with E-state index in [4.69, 9.17) is 4.42 Å². The summed E-state index contributed by atoms with van der Waals surface area (Å²) in [6.45, 7) is 8.33. The summed E-state index contributed by atoms with van der Waals surface area (Å²) in [5.74, 6) is 0. The third kappa shape index (κ3) is 6.26. The molecule has 1 aromatic heterocycles. The molecule has 0 atom stereocenters. The van der Waals surface area contributed by atoms with Crippen molar-refractivity contribution in [1.82, 2.24) is 0 Å². The molecule has 0 N–H and O–H groups in total. The van der Waals surface area contributed by atoms with Crippen LogP contribution < -0.4 is 28.5 Å². The van der Waals surface area contributed by atoms with Crippen molar-refractivity contribution in [3.05, 3.63) is 18.9 Å². The molecule has 0 aliphatic heterocycles. The van der Waals surface area contributed by atoms with Gasteiger partial charge < -0.3 is 28.4 Å². The van der Waals surface area contributed by atoms with Crippen LogP contribution in [0.4, 0.5) is 0 Å². The Morgan fingerprint density at radius 1 is 1.31 bits per heavy atom. The first kappa shape index (κ1) is 13.2.